The van der Waals surface area contributed by atoms with E-state index in [9.17, 15) is 12.8 Å². The van der Waals surface area contributed by atoms with Crippen LogP contribution in [0.4, 0.5) is 4.39 Å². The first-order valence-electron chi connectivity index (χ1n) is 5.62. The molecule has 0 radical (unpaired) electrons. The van der Waals surface area contributed by atoms with Crippen LogP contribution in [0, 0.1) is 18.7 Å². The Hall–Kier alpha value is -0.460. The molecule has 3 nitrogen and oxygen atoms in total. The van der Waals surface area contributed by atoms with E-state index < -0.39 is 15.8 Å². The van der Waals surface area contributed by atoms with E-state index in [1.165, 1.54) is 12.1 Å². The number of nitrogens with one attached hydrogen (secondary N) is 1. The number of sulfonamides is 1. The van der Waals surface area contributed by atoms with E-state index in [0.717, 1.165) is 6.07 Å². The maximum absolute atomic E-state index is 13.0. The zero-order valence-electron chi connectivity index (χ0n) is 10.6. The molecule has 0 aliphatic heterocycles. The number of halogens is 2. The number of aryl methyl sites for hydroxylation is 1. The Labute approximate surface area is 116 Å². The van der Waals surface area contributed by atoms with Crippen molar-refractivity contribution in [2.75, 3.05) is 5.33 Å². The van der Waals surface area contributed by atoms with Gasteiger partial charge in [0.1, 0.15) is 5.82 Å². The van der Waals surface area contributed by atoms with Gasteiger partial charge < -0.3 is 0 Å². The number of hydrogen-bond acceptors (Lipinski definition) is 2. The summed E-state index contributed by atoms with van der Waals surface area (Å²) in [6.07, 6.45) is 0. The van der Waals surface area contributed by atoms with Gasteiger partial charge in [0.15, 0.2) is 0 Å². The quantitative estimate of drug-likeness (QED) is 0.839. The van der Waals surface area contributed by atoms with E-state index in [0.29, 0.717) is 10.9 Å². The number of alkyl halides is 1. The molecule has 0 spiro atoms. The first-order valence-corrected chi connectivity index (χ1v) is 8.23. The molecule has 6 heteroatoms. The second kappa shape index (κ2) is 6.12. The van der Waals surface area contributed by atoms with Gasteiger partial charge in [0.25, 0.3) is 0 Å². The number of hydrogen-bond donors (Lipinski definition) is 1. The summed E-state index contributed by atoms with van der Waals surface area (Å²) in [6.45, 7) is 5.33. The highest BCUT2D eigenvalue weighted by atomic mass is 79.9. The van der Waals surface area contributed by atoms with Gasteiger partial charge >= 0.3 is 0 Å². The van der Waals surface area contributed by atoms with Gasteiger partial charge in [-0.2, -0.15) is 0 Å². The summed E-state index contributed by atoms with van der Waals surface area (Å²) in [6, 6.07) is 3.46. The molecule has 0 aliphatic rings. The second-order valence-electron chi connectivity index (χ2n) is 4.45. The van der Waals surface area contributed by atoms with Crippen molar-refractivity contribution in [1.82, 2.24) is 4.72 Å². The lowest BCUT2D eigenvalue weighted by Crippen LogP contribution is -2.37. The molecular weight excluding hydrogens is 321 g/mol. The monoisotopic (exact) mass is 337 g/mol. The van der Waals surface area contributed by atoms with Crippen molar-refractivity contribution in [3.63, 3.8) is 0 Å². The third kappa shape index (κ3) is 3.76. The predicted molar refractivity (Wildman–Crippen MR) is 73.9 cm³/mol. The molecule has 2 atom stereocenters. The molecule has 0 bridgehead atoms. The molecule has 0 saturated heterocycles. The highest BCUT2D eigenvalue weighted by molar-refractivity contribution is 9.09. The van der Waals surface area contributed by atoms with Gasteiger partial charge in [-0.3, -0.25) is 0 Å². The average molecular weight is 338 g/mol. The van der Waals surface area contributed by atoms with Gasteiger partial charge in [-0.05, 0) is 43.5 Å². The van der Waals surface area contributed by atoms with Crippen molar-refractivity contribution in [3.05, 3.63) is 29.6 Å². The molecule has 0 amide bonds. The first kappa shape index (κ1) is 15.6. The van der Waals surface area contributed by atoms with Gasteiger partial charge in [0.05, 0.1) is 4.90 Å². The molecule has 0 fully saturated rings. The normalized spacial score (nSPS) is 15.4. The van der Waals surface area contributed by atoms with Crippen LogP contribution in [0.1, 0.15) is 19.4 Å². The first-order chi connectivity index (χ1) is 8.27. The van der Waals surface area contributed by atoms with E-state index in [2.05, 4.69) is 20.7 Å². The summed E-state index contributed by atoms with van der Waals surface area (Å²) in [5, 5.41) is 0.707. The van der Waals surface area contributed by atoms with E-state index in [1.54, 1.807) is 6.92 Å². The summed E-state index contributed by atoms with van der Waals surface area (Å²) in [5.74, 6) is -0.270. The van der Waals surface area contributed by atoms with Crippen molar-refractivity contribution >= 4 is 26.0 Å². The van der Waals surface area contributed by atoms with Crippen molar-refractivity contribution in [2.45, 2.75) is 31.7 Å². The summed E-state index contributed by atoms with van der Waals surface area (Å²) < 4.78 is 39.9. The molecule has 1 N–H and O–H groups in total. The molecule has 2 unspecified atom stereocenters. The minimum absolute atomic E-state index is 0.123. The fourth-order valence-electron chi connectivity index (χ4n) is 1.47. The Bertz CT molecular complexity index is 519. The topological polar surface area (TPSA) is 46.2 Å². The highest BCUT2D eigenvalue weighted by Crippen LogP contribution is 2.17. The van der Waals surface area contributed by atoms with Crippen LogP contribution in [0.3, 0.4) is 0 Å². The van der Waals surface area contributed by atoms with Gasteiger partial charge in [0.2, 0.25) is 10.0 Å². The fourth-order valence-corrected chi connectivity index (χ4v) is 3.61. The van der Waals surface area contributed by atoms with Crippen molar-refractivity contribution in [3.8, 4) is 0 Å². The summed E-state index contributed by atoms with van der Waals surface area (Å²) in [4.78, 5) is 0.123. The van der Waals surface area contributed by atoms with Crippen LogP contribution in [-0.4, -0.2) is 19.8 Å². The molecular formula is C12H17BrFNO2S. The maximum atomic E-state index is 13.0. The third-order valence-corrected chi connectivity index (χ3v) is 5.60. The molecule has 0 heterocycles. The van der Waals surface area contributed by atoms with Gasteiger partial charge in [-0.1, -0.05) is 22.9 Å². The average Bonchev–Trinajstić information content (AvgIpc) is 2.26. The van der Waals surface area contributed by atoms with Gasteiger partial charge in [0, 0.05) is 11.4 Å². The summed E-state index contributed by atoms with van der Waals surface area (Å²) in [7, 11) is -3.60. The standard InChI is InChI=1S/C12H17BrFNO2S/c1-8-6-11(14)4-5-12(8)18(16,17)15-10(3)9(2)7-13/h4-6,9-10,15H,7H2,1-3H3. The fraction of sp³-hybridized carbons (Fsp3) is 0.500. The summed E-state index contributed by atoms with van der Waals surface area (Å²) >= 11 is 3.32. The third-order valence-electron chi connectivity index (χ3n) is 2.86. The molecule has 0 aliphatic carbocycles. The summed E-state index contributed by atoms with van der Waals surface area (Å²) in [5.41, 5.74) is 0.404. The van der Waals surface area contributed by atoms with Gasteiger partial charge in [-0.15, -0.1) is 0 Å². The Morgan fingerprint density at radius 1 is 1.39 bits per heavy atom. The second-order valence-corrected chi connectivity index (χ2v) is 6.78. The van der Waals surface area contributed by atoms with Crippen LogP contribution in [0.15, 0.2) is 23.1 Å². The van der Waals surface area contributed by atoms with Crippen LogP contribution in [0.25, 0.3) is 0 Å². The SMILES string of the molecule is Cc1cc(F)ccc1S(=O)(=O)NC(C)C(C)CBr. The van der Waals surface area contributed by atoms with Crippen LogP contribution >= 0.6 is 15.9 Å². The minimum atomic E-state index is -3.60. The zero-order chi connectivity index (χ0) is 13.9. The number of rotatable bonds is 5. The van der Waals surface area contributed by atoms with E-state index >= 15 is 0 Å². The molecule has 1 aromatic rings. The highest BCUT2D eigenvalue weighted by Gasteiger charge is 2.22. The number of benzene rings is 1. The van der Waals surface area contributed by atoms with Crippen LogP contribution in [0.5, 0.6) is 0 Å². The van der Waals surface area contributed by atoms with E-state index in [-0.39, 0.29) is 16.9 Å². The van der Waals surface area contributed by atoms with Crippen LogP contribution in [-0.2, 0) is 10.0 Å². The van der Waals surface area contributed by atoms with Crippen molar-refractivity contribution in [1.29, 1.82) is 0 Å². The molecule has 1 aromatic carbocycles. The Balaban J connectivity index is 3.00. The molecule has 0 aromatic heterocycles. The van der Waals surface area contributed by atoms with E-state index in [4.69, 9.17) is 0 Å². The Morgan fingerprint density at radius 2 is 2.00 bits per heavy atom. The predicted octanol–water partition coefficient (Wildman–Crippen LogP) is 2.83. The maximum Gasteiger partial charge on any atom is 0.241 e. The van der Waals surface area contributed by atoms with Gasteiger partial charge in [-0.25, -0.2) is 17.5 Å². The molecule has 0 saturated carbocycles. The Kier molecular flexibility index (Phi) is 5.31. The zero-order valence-corrected chi connectivity index (χ0v) is 13.0. The lowest BCUT2D eigenvalue weighted by molar-refractivity contribution is 0.484. The van der Waals surface area contributed by atoms with Crippen molar-refractivity contribution in [2.24, 2.45) is 5.92 Å². The molecule has 102 valence electrons. The van der Waals surface area contributed by atoms with Crippen LogP contribution < -0.4 is 4.72 Å². The smallest absolute Gasteiger partial charge is 0.208 e. The lowest BCUT2D eigenvalue weighted by Gasteiger charge is -2.19. The molecule has 1 rings (SSSR count). The lowest BCUT2D eigenvalue weighted by atomic mass is 10.1. The van der Waals surface area contributed by atoms with Crippen LogP contribution in [0.2, 0.25) is 0 Å². The van der Waals surface area contributed by atoms with Crippen molar-refractivity contribution < 1.29 is 12.8 Å². The molecule has 18 heavy (non-hydrogen) atoms. The minimum Gasteiger partial charge on any atom is -0.208 e. The Morgan fingerprint density at radius 3 is 2.50 bits per heavy atom. The van der Waals surface area contributed by atoms with E-state index in [1.807, 2.05) is 13.8 Å². The largest absolute Gasteiger partial charge is 0.241 e.